The molecular weight excluding hydrogens is 248 g/mol. The quantitative estimate of drug-likeness (QED) is 0.607. The maximum atomic E-state index is 12.3. The van der Waals surface area contributed by atoms with Crippen molar-refractivity contribution in [1.29, 1.82) is 5.26 Å². The summed E-state index contributed by atoms with van der Waals surface area (Å²) < 4.78 is 4.81. The molecule has 1 saturated heterocycles. The highest BCUT2D eigenvalue weighted by molar-refractivity contribution is 5.97. The van der Waals surface area contributed by atoms with Crippen molar-refractivity contribution in [1.82, 2.24) is 4.90 Å². The molecule has 6 nitrogen and oxygen atoms in total. The molecule has 5 unspecified atom stereocenters. The number of likely N-dealkylation sites (tertiary alicyclic amines) is 1. The smallest absolute Gasteiger partial charge is 0.311 e. The minimum Gasteiger partial charge on any atom is -0.469 e. The maximum Gasteiger partial charge on any atom is 0.311 e. The summed E-state index contributed by atoms with van der Waals surface area (Å²) >= 11 is 0. The number of esters is 1. The molecular formula is C13H14N2O4. The van der Waals surface area contributed by atoms with Crippen molar-refractivity contribution >= 4 is 17.7 Å². The largest absolute Gasteiger partial charge is 0.469 e. The Morgan fingerprint density at radius 3 is 2.63 bits per heavy atom. The molecule has 0 N–H and O–H groups in total. The van der Waals surface area contributed by atoms with Gasteiger partial charge < -0.3 is 9.64 Å². The van der Waals surface area contributed by atoms with Gasteiger partial charge >= 0.3 is 5.97 Å². The average molecular weight is 262 g/mol. The molecule has 100 valence electrons. The summed E-state index contributed by atoms with van der Waals surface area (Å²) in [6.07, 6.45) is 0.332. The number of ketones is 1. The molecule has 4 bridgehead atoms. The van der Waals surface area contributed by atoms with Crippen LogP contribution in [0.4, 0.5) is 0 Å². The van der Waals surface area contributed by atoms with E-state index in [9.17, 15) is 19.6 Å². The number of methoxy groups -OCH3 is 1. The molecule has 0 spiro atoms. The fourth-order valence-electron chi connectivity index (χ4n) is 4.37. The van der Waals surface area contributed by atoms with Crippen LogP contribution in [0.25, 0.3) is 0 Å². The van der Waals surface area contributed by atoms with E-state index in [-0.39, 0.29) is 36.5 Å². The summed E-state index contributed by atoms with van der Waals surface area (Å²) in [6, 6.07) is 1.75. The maximum absolute atomic E-state index is 12.3. The summed E-state index contributed by atoms with van der Waals surface area (Å²) in [6.45, 7) is 0. The van der Waals surface area contributed by atoms with Crippen LogP contribution >= 0.6 is 0 Å². The van der Waals surface area contributed by atoms with Gasteiger partial charge in [0.25, 0.3) is 0 Å². The van der Waals surface area contributed by atoms with Crippen molar-refractivity contribution in [2.75, 3.05) is 14.2 Å². The zero-order chi connectivity index (χ0) is 13.9. The Morgan fingerprint density at radius 1 is 1.42 bits per heavy atom. The monoisotopic (exact) mass is 262 g/mol. The van der Waals surface area contributed by atoms with E-state index in [1.54, 1.807) is 7.05 Å². The predicted octanol–water partition coefficient (Wildman–Crippen LogP) is -0.265. The standard InChI is InChI=1S/C13H14N2O4/c1-15-10-8-4-6(16)3-7(9(10)11(17)19-2)13(8,5-14)12(15)18/h7-10H,3-4H2,1-2H3. The zero-order valence-electron chi connectivity index (χ0n) is 10.8. The number of carbonyl (C=O) groups is 3. The second kappa shape index (κ2) is 3.56. The first-order valence-corrected chi connectivity index (χ1v) is 6.27. The highest BCUT2D eigenvalue weighted by Gasteiger charge is 2.75. The lowest BCUT2D eigenvalue weighted by molar-refractivity contribution is -0.156. The topological polar surface area (TPSA) is 87.5 Å². The number of amides is 1. The average Bonchev–Trinajstić information content (AvgIpc) is 2.69. The Balaban J connectivity index is 2.16. The van der Waals surface area contributed by atoms with Gasteiger partial charge in [-0.1, -0.05) is 0 Å². The Bertz CT molecular complexity index is 537. The van der Waals surface area contributed by atoms with Gasteiger partial charge in [-0.15, -0.1) is 0 Å². The van der Waals surface area contributed by atoms with Gasteiger partial charge in [-0.25, -0.2) is 0 Å². The Morgan fingerprint density at radius 2 is 2.05 bits per heavy atom. The molecule has 0 aromatic heterocycles. The van der Waals surface area contributed by atoms with Crippen molar-refractivity contribution < 1.29 is 19.1 Å². The molecule has 2 aliphatic carbocycles. The summed E-state index contributed by atoms with van der Waals surface area (Å²) in [7, 11) is 2.89. The van der Waals surface area contributed by atoms with Gasteiger partial charge in [-0.3, -0.25) is 14.4 Å². The van der Waals surface area contributed by atoms with Crippen LogP contribution in [-0.4, -0.2) is 42.8 Å². The lowest BCUT2D eigenvalue weighted by Gasteiger charge is -2.37. The van der Waals surface area contributed by atoms with E-state index < -0.39 is 23.2 Å². The van der Waals surface area contributed by atoms with Gasteiger partial charge in [0.2, 0.25) is 5.91 Å². The molecule has 3 fully saturated rings. The van der Waals surface area contributed by atoms with Crippen LogP contribution in [-0.2, 0) is 19.1 Å². The zero-order valence-corrected chi connectivity index (χ0v) is 10.8. The normalized spacial score (nSPS) is 43.3. The number of Topliss-reactive ketones (excluding diaryl/α,β-unsaturated/α-hetero) is 1. The second-order valence-electron chi connectivity index (χ2n) is 5.60. The third-order valence-electron chi connectivity index (χ3n) is 5.06. The third-order valence-corrected chi connectivity index (χ3v) is 5.06. The van der Waals surface area contributed by atoms with E-state index in [0.29, 0.717) is 0 Å². The van der Waals surface area contributed by atoms with E-state index in [0.717, 1.165) is 0 Å². The van der Waals surface area contributed by atoms with Crippen molar-refractivity contribution in [3.63, 3.8) is 0 Å². The molecule has 1 amide bonds. The Labute approximate surface area is 110 Å². The summed E-state index contributed by atoms with van der Waals surface area (Å²) in [5, 5.41) is 9.53. The first kappa shape index (κ1) is 12.2. The second-order valence-corrected chi connectivity index (χ2v) is 5.60. The molecule has 1 heterocycles. The van der Waals surface area contributed by atoms with Crippen LogP contribution in [0.3, 0.4) is 0 Å². The van der Waals surface area contributed by atoms with Gasteiger partial charge in [0.1, 0.15) is 11.2 Å². The van der Waals surface area contributed by atoms with Crippen molar-refractivity contribution in [3.8, 4) is 6.07 Å². The fourth-order valence-corrected chi connectivity index (χ4v) is 4.37. The molecule has 3 rings (SSSR count). The minimum atomic E-state index is -1.20. The lowest BCUT2D eigenvalue weighted by Crippen LogP contribution is -2.51. The van der Waals surface area contributed by atoms with Crippen LogP contribution < -0.4 is 0 Å². The number of ether oxygens (including phenoxy) is 1. The molecule has 0 radical (unpaired) electrons. The third kappa shape index (κ3) is 1.14. The van der Waals surface area contributed by atoms with Gasteiger partial charge in [-0.05, 0) is 0 Å². The van der Waals surface area contributed by atoms with Crippen LogP contribution in [0.15, 0.2) is 0 Å². The van der Waals surface area contributed by atoms with E-state index in [1.165, 1.54) is 12.0 Å². The number of piperidine rings is 1. The molecule has 1 aliphatic heterocycles. The van der Waals surface area contributed by atoms with Crippen LogP contribution in [0, 0.1) is 34.5 Å². The molecule has 6 heteroatoms. The summed E-state index contributed by atoms with van der Waals surface area (Å²) in [5.74, 6) is -2.09. The molecule has 2 saturated carbocycles. The summed E-state index contributed by atoms with van der Waals surface area (Å²) in [4.78, 5) is 37.6. The van der Waals surface area contributed by atoms with Crippen molar-refractivity contribution in [2.45, 2.75) is 18.9 Å². The molecule has 19 heavy (non-hydrogen) atoms. The van der Waals surface area contributed by atoms with E-state index in [4.69, 9.17) is 4.74 Å². The number of carbonyl (C=O) groups excluding carboxylic acids is 3. The Hall–Kier alpha value is -1.90. The number of hydrogen-bond donors (Lipinski definition) is 0. The van der Waals surface area contributed by atoms with Gasteiger partial charge in [-0.2, -0.15) is 5.26 Å². The summed E-state index contributed by atoms with van der Waals surface area (Å²) in [5.41, 5.74) is -1.20. The lowest BCUT2D eigenvalue weighted by atomic mass is 9.65. The van der Waals surface area contributed by atoms with E-state index >= 15 is 0 Å². The molecule has 5 atom stereocenters. The van der Waals surface area contributed by atoms with E-state index in [1.807, 2.05) is 0 Å². The van der Waals surface area contributed by atoms with Gasteiger partial charge in [0, 0.05) is 31.7 Å². The van der Waals surface area contributed by atoms with Crippen molar-refractivity contribution in [3.05, 3.63) is 0 Å². The Kier molecular flexibility index (Phi) is 2.28. The highest BCUT2D eigenvalue weighted by atomic mass is 16.5. The van der Waals surface area contributed by atoms with Gasteiger partial charge in [0.05, 0.1) is 25.1 Å². The predicted molar refractivity (Wildman–Crippen MR) is 61.3 cm³/mol. The highest BCUT2D eigenvalue weighted by Crippen LogP contribution is 2.63. The van der Waals surface area contributed by atoms with Crippen molar-refractivity contribution in [2.24, 2.45) is 23.2 Å². The first-order chi connectivity index (χ1) is 8.98. The SMILES string of the molecule is COC(=O)C1C2C3CC(=O)CC1C3(C#N)C(=O)N2C. The van der Waals surface area contributed by atoms with Crippen LogP contribution in [0.5, 0.6) is 0 Å². The van der Waals surface area contributed by atoms with Gasteiger partial charge in [0.15, 0.2) is 0 Å². The number of hydrogen-bond acceptors (Lipinski definition) is 5. The van der Waals surface area contributed by atoms with E-state index in [2.05, 4.69) is 6.07 Å². The molecule has 3 aliphatic rings. The van der Waals surface area contributed by atoms with Crippen LogP contribution in [0.1, 0.15) is 12.8 Å². The van der Waals surface area contributed by atoms with Crippen LogP contribution in [0.2, 0.25) is 0 Å². The molecule has 0 aromatic rings. The number of nitriles is 1. The number of nitrogens with zero attached hydrogens (tertiary/aromatic N) is 2. The minimum absolute atomic E-state index is 0.0281. The molecule has 0 aromatic carbocycles. The number of rotatable bonds is 1. The fraction of sp³-hybridized carbons (Fsp3) is 0.692. The first-order valence-electron chi connectivity index (χ1n) is 6.27.